The number of hydrogen-bond donors (Lipinski definition) is 1. The van der Waals surface area contributed by atoms with E-state index in [-0.39, 0.29) is 6.54 Å². The molecule has 0 aliphatic carbocycles. The molecule has 2 bridgehead atoms. The first-order chi connectivity index (χ1) is 10.8. The summed E-state index contributed by atoms with van der Waals surface area (Å²) in [4.78, 5) is 27.3. The monoisotopic (exact) mass is 362 g/mol. The van der Waals surface area contributed by atoms with E-state index in [9.17, 15) is 18.0 Å². The molecule has 2 amide bonds. The van der Waals surface area contributed by atoms with Gasteiger partial charge in [0.25, 0.3) is 0 Å². The van der Waals surface area contributed by atoms with Crippen molar-refractivity contribution in [3.63, 3.8) is 0 Å². The van der Waals surface area contributed by atoms with Gasteiger partial charge in [-0.15, -0.1) is 15.6 Å². The molecular formula is C12H14N2O7S2. The fourth-order valence-electron chi connectivity index (χ4n) is 2.83. The Morgan fingerprint density at radius 3 is 2.78 bits per heavy atom. The van der Waals surface area contributed by atoms with Crippen LogP contribution >= 0.6 is 11.3 Å². The third kappa shape index (κ3) is 2.59. The van der Waals surface area contributed by atoms with E-state index in [0.29, 0.717) is 15.5 Å². The van der Waals surface area contributed by atoms with Gasteiger partial charge in [0.1, 0.15) is 6.04 Å². The number of ether oxygens (including phenoxy) is 1. The minimum atomic E-state index is -4.86. The zero-order valence-electron chi connectivity index (χ0n) is 12.3. The van der Waals surface area contributed by atoms with Gasteiger partial charge < -0.3 is 9.64 Å². The number of amides is 2. The van der Waals surface area contributed by atoms with Gasteiger partial charge in [0.05, 0.1) is 13.7 Å². The fourth-order valence-corrected chi connectivity index (χ4v) is 4.47. The van der Waals surface area contributed by atoms with E-state index in [1.807, 2.05) is 13.0 Å². The lowest BCUT2D eigenvalue weighted by atomic mass is 9.99. The summed E-state index contributed by atoms with van der Waals surface area (Å²) in [6.07, 6.45) is 0.728. The Bertz CT molecular complexity index is 772. The number of esters is 1. The molecule has 126 valence electrons. The summed E-state index contributed by atoms with van der Waals surface area (Å²) in [6, 6.07) is -0.655. The summed E-state index contributed by atoms with van der Waals surface area (Å²) >= 11 is 1.37. The van der Waals surface area contributed by atoms with Crippen molar-refractivity contribution in [2.75, 3.05) is 13.7 Å². The molecule has 0 saturated carbocycles. The highest BCUT2D eigenvalue weighted by Gasteiger charge is 2.53. The predicted molar refractivity (Wildman–Crippen MR) is 77.8 cm³/mol. The number of hydrogen-bond acceptors (Lipinski definition) is 7. The number of thiophene rings is 1. The first kappa shape index (κ1) is 16.2. The number of methoxy groups -OCH3 is 1. The Kier molecular flexibility index (Phi) is 3.83. The second-order valence-electron chi connectivity index (χ2n) is 5.09. The molecule has 1 saturated heterocycles. The fraction of sp³-hybridized carbons (Fsp3) is 0.500. The first-order valence-electron chi connectivity index (χ1n) is 6.74. The zero-order valence-corrected chi connectivity index (χ0v) is 13.9. The highest BCUT2D eigenvalue weighted by molar-refractivity contribution is 7.80. The van der Waals surface area contributed by atoms with Gasteiger partial charge in [-0.3, -0.25) is 4.55 Å². The Morgan fingerprint density at radius 1 is 1.52 bits per heavy atom. The molecule has 23 heavy (non-hydrogen) atoms. The van der Waals surface area contributed by atoms with Gasteiger partial charge in [-0.1, -0.05) is 6.92 Å². The van der Waals surface area contributed by atoms with Crippen molar-refractivity contribution in [2.24, 2.45) is 0 Å². The quantitative estimate of drug-likeness (QED) is 0.629. The SMILES string of the molecule is CCc1cc2c(s1)C(C(=O)OC)N1C[C@H]2N(OS(=O)(=O)O)C1=O. The molecule has 0 aromatic carbocycles. The van der Waals surface area contributed by atoms with Crippen LogP contribution in [0.2, 0.25) is 0 Å². The highest BCUT2D eigenvalue weighted by Crippen LogP contribution is 2.48. The smallest absolute Gasteiger partial charge is 0.418 e. The maximum absolute atomic E-state index is 12.4. The van der Waals surface area contributed by atoms with E-state index in [4.69, 9.17) is 9.29 Å². The van der Waals surface area contributed by atoms with Crippen molar-refractivity contribution in [2.45, 2.75) is 25.4 Å². The third-order valence-electron chi connectivity index (χ3n) is 3.80. The van der Waals surface area contributed by atoms with E-state index in [2.05, 4.69) is 4.28 Å². The minimum absolute atomic E-state index is 0.0704. The number of fused-ring (bicyclic) bond motifs is 4. The third-order valence-corrected chi connectivity index (χ3v) is 5.49. The summed E-state index contributed by atoms with van der Waals surface area (Å²) in [5, 5.41) is 0.587. The molecule has 1 unspecified atom stereocenters. The van der Waals surface area contributed by atoms with Crippen LogP contribution in [0.3, 0.4) is 0 Å². The van der Waals surface area contributed by atoms with Crippen molar-refractivity contribution in [3.8, 4) is 0 Å². The Morgan fingerprint density at radius 2 is 2.22 bits per heavy atom. The summed E-state index contributed by atoms with van der Waals surface area (Å²) in [6.45, 7) is 2.02. The van der Waals surface area contributed by atoms with Crippen molar-refractivity contribution in [1.82, 2.24) is 9.96 Å². The molecule has 9 nitrogen and oxygen atoms in total. The van der Waals surface area contributed by atoms with Crippen molar-refractivity contribution in [3.05, 3.63) is 21.4 Å². The van der Waals surface area contributed by atoms with Crippen LogP contribution in [-0.4, -0.2) is 48.6 Å². The normalized spacial score (nSPS) is 23.2. The van der Waals surface area contributed by atoms with Gasteiger partial charge in [-0.05, 0) is 18.1 Å². The zero-order chi connectivity index (χ0) is 16.9. The van der Waals surface area contributed by atoms with E-state index < -0.39 is 34.5 Å². The Labute approximate surface area is 136 Å². The highest BCUT2D eigenvalue weighted by atomic mass is 32.3. The average Bonchev–Trinajstić information content (AvgIpc) is 3.02. The molecule has 2 atom stereocenters. The molecule has 1 aromatic rings. The van der Waals surface area contributed by atoms with Crippen LogP contribution in [0.15, 0.2) is 6.07 Å². The second-order valence-corrected chi connectivity index (χ2v) is 7.26. The number of rotatable bonds is 4. The molecule has 2 aliphatic rings. The average molecular weight is 362 g/mol. The Hall–Kier alpha value is -1.69. The van der Waals surface area contributed by atoms with Crippen LogP contribution < -0.4 is 0 Å². The predicted octanol–water partition coefficient (Wildman–Crippen LogP) is 1.05. The molecule has 3 heterocycles. The van der Waals surface area contributed by atoms with Gasteiger partial charge in [-0.2, -0.15) is 13.5 Å². The van der Waals surface area contributed by atoms with Crippen LogP contribution in [-0.2, 0) is 30.6 Å². The molecule has 11 heteroatoms. The molecule has 1 fully saturated rings. The van der Waals surface area contributed by atoms with E-state index >= 15 is 0 Å². The van der Waals surface area contributed by atoms with Crippen LogP contribution in [0.1, 0.15) is 34.3 Å². The number of urea groups is 1. The molecule has 3 rings (SSSR count). The lowest BCUT2D eigenvalue weighted by molar-refractivity contribution is -0.146. The molecular weight excluding hydrogens is 348 g/mol. The van der Waals surface area contributed by atoms with E-state index in [1.165, 1.54) is 23.3 Å². The molecule has 2 aliphatic heterocycles. The van der Waals surface area contributed by atoms with Crippen molar-refractivity contribution < 1.29 is 31.6 Å². The van der Waals surface area contributed by atoms with Crippen LogP contribution in [0.5, 0.6) is 0 Å². The van der Waals surface area contributed by atoms with E-state index in [1.54, 1.807) is 0 Å². The van der Waals surface area contributed by atoms with Crippen LogP contribution in [0.4, 0.5) is 4.79 Å². The number of carbonyl (C=O) groups excluding carboxylic acids is 2. The Balaban J connectivity index is 2.10. The summed E-state index contributed by atoms with van der Waals surface area (Å²) in [7, 11) is -3.64. The van der Waals surface area contributed by atoms with Gasteiger partial charge in [-0.25, -0.2) is 9.59 Å². The molecule has 0 spiro atoms. The van der Waals surface area contributed by atoms with Crippen LogP contribution in [0, 0.1) is 0 Å². The standard InChI is InChI=1S/C12H14N2O7S2/c1-3-6-4-7-8-5-13(9(10(7)22-6)11(15)20-2)12(16)14(8)21-23(17,18)19/h4,8-9H,3,5H2,1-2H3,(H,17,18,19)/t8-,9?/m1/s1. The second kappa shape index (κ2) is 5.44. The largest absolute Gasteiger partial charge is 0.467 e. The number of nitrogens with zero attached hydrogens (tertiary/aromatic N) is 2. The van der Waals surface area contributed by atoms with E-state index in [0.717, 1.165) is 11.3 Å². The van der Waals surface area contributed by atoms with Gasteiger partial charge in [0.2, 0.25) is 0 Å². The molecule has 0 radical (unpaired) electrons. The number of aryl methyl sites for hydroxylation is 1. The van der Waals surface area contributed by atoms with Gasteiger partial charge in [0.15, 0.2) is 6.04 Å². The van der Waals surface area contributed by atoms with Gasteiger partial charge in [0, 0.05) is 9.75 Å². The number of carbonyl (C=O) groups is 2. The maximum atomic E-state index is 12.4. The van der Waals surface area contributed by atoms with Crippen molar-refractivity contribution in [1.29, 1.82) is 0 Å². The number of hydroxylamine groups is 2. The van der Waals surface area contributed by atoms with Crippen molar-refractivity contribution >= 4 is 33.7 Å². The summed E-state index contributed by atoms with van der Waals surface area (Å²) < 4.78 is 40.1. The van der Waals surface area contributed by atoms with Crippen LogP contribution in [0.25, 0.3) is 0 Å². The summed E-state index contributed by atoms with van der Waals surface area (Å²) in [5.41, 5.74) is 0.632. The maximum Gasteiger partial charge on any atom is 0.418 e. The lowest BCUT2D eigenvalue weighted by Gasteiger charge is -2.28. The summed E-state index contributed by atoms with van der Waals surface area (Å²) in [5.74, 6) is -0.615. The topological polar surface area (TPSA) is 113 Å². The molecule has 1 aromatic heterocycles. The first-order valence-corrected chi connectivity index (χ1v) is 8.92. The molecule has 1 N–H and O–H groups in total. The van der Waals surface area contributed by atoms with Gasteiger partial charge >= 0.3 is 22.4 Å². The minimum Gasteiger partial charge on any atom is -0.467 e. The lowest BCUT2D eigenvalue weighted by Crippen LogP contribution is -2.38.